The molecular weight excluding hydrogens is 435 g/mol. The fraction of sp³-hybridized carbons (Fsp3) is 0.259. The molecule has 0 aromatic heterocycles. The Morgan fingerprint density at radius 2 is 1.76 bits per heavy atom. The van der Waals surface area contributed by atoms with Crippen LogP contribution in [0.1, 0.15) is 54.8 Å². The molecule has 0 radical (unpaired) electrons. The van der Waals surface area contributed by atoms with Gasteiger partial charge in [-0.15, -0.1) is 0 Å². The molecule has 0 saturated heterocycles. The number of fused-ring (bicyclic) bond motifs is 3. The molecule has 3 aromatic rings. The average molecular weight is 463 g/mol. The van der Waals surface area contributed by atoms with E-state index in [2.05, 4.69) is 36.0 Å². The van der Waals surface area contributed by atoms with Crippen LogP contribution in [0.5, 0.6) is 0 Å². The monoisotopic (exact) mass is 462 g/mol. The van der Waals surface area contributed by atoms with Crippen LogP contribution in [-0.2, 0) is 10.0 Å². The van der Waals surface area contributed by atoms with E-state index in [0.717, 1.165) is 23.2 Å². The second kappa shape index (κ2) is 8.34. The molecule has 2 aliphatic rings. The Hall–Kier alpha value is -3.12. The highest BCUT2D eigenvalue weighted by atomic mass is 32.2. The summed E-state index contributed by atoms with van der Waals surface area (Å²) in [5.74, 6) is 0.315. The summed E-state index contributed by atoms with van der Waals surface area (Å²) in [6.45, 7) is 4.20. The van der Waals surface area contributed by atoms with Crippen LogP contribution in [0, 0.1) is 11.7 Å². The molecule has 0 fully saturated rings. The zero-order chi connectivity index (χ0) is 23.2. The summed E-state index contributed by atoms with van der Waals surface area (Å²) in [7, 11) is -3.74. The van der Waals surface area contributed by atoms with Gasteiger partial charge in [-0.05, 0) is 65.8 Å². The SMILES string of the molecule is CC(C)c1ccc(NS(=O)(=O)c2ccc3c(c2)[C@H]2C=CC[C@H]2[C@@H](c2ccccc2F)N3)cc1. The molecule has 0 unspecified atom stereocenters. The molecule has 2 N–H and O–H groups in total. The van der Waals surface area contributed by atoms with Crippen LogP contribution >= 0.6 is 0 Å². The van der Waals surface area contributed by atoms with E-state index in [-0.39, 0.29) is 28.6 Å². The number of rotatable bonds is 5. The summed E-state index contributed by atoms with van der Waals surface area (Å²) in [6, 6.07) is 19.3. The van der Waals surface area contributed by atoms with E-state index in [1.165, 1.54) is 6.07 Å². The average Bonchev–Trinajstić information content (AvgIpc) is 3.29. The molecule has 3 aromatic carbocycles. The fourth-order valence-corrected chi connectivity index (χ4v) is 6.02. The van der Waals surface area contributed by atoms with Crippen molar-refractivity contribution in [2.45, 2.75) is 43.0 Å². The van der Waals surface area contributed by atoms with Gasteiger partial charge in [0.15, 0.2) is 0 Å². The lowest BCUT2D eigenvalue weighted by Gasteiger charge is -2.37. The van der Waals surface area contributed by atoms with Crippen molar-refractivity contribution in [3.05, 3.63) is 101 Å². The summed E-state index contributed by atoms with van der Waals surface area (Å²) in [4.78, 5) is 0.222. The molecule has 4 nitrogen and oxygen atoms in total. The molecule has 3 atom stereocenters. The summed E-state index contributed by atoms with van der Waals surface area (Å²) in [5.41, 5.74) is 4.11. The smallest absolute Gasteiger partial charge is 0.261 e. The van der Waals surface area contributed by atoms with E-state index in [1.54, 1.807) is 36.4 Å². The Morgan fingerprint density at radius 1 is 1.00 bits per heavy atom. The van der Waals surface area contributed by atoms with Crippen LogP contribution in [0.25, 0.3) is 0 Å². The number of allylic oxidation sites excluding steroid dienone is 2. The first-order chi connectivity index (χ1) is 15.8. The lowest BCUT2D eigenvalue weighted by atomic mass is 9.77. The van der Waals surface area contributed by atoms with Gasteiger partial charge in [0.1, 0.15) is 5.82 Å². The van der Waals surface area contributed by atoms with Gasteiger partial charge < -0.3 is 5.32 Å². The van der Waals surface area contributed by atoms with Gasteiger partial charge in [0.25, 0.3) is 10.0 Å². The van der Waals surface area contributed by atoms with E-state index in [9.17, 15) is 12.8 Å². The highest BCUT2D eigenvalue weighted by Gasteiger charge is 2.39. The van der Waals surface area contributed by atoms with Gasteiger partial charge in [0.05, 0.1) is 10.9 Å². The Kier molecular flexibility index (Phi) is 5.49. The zero-order valence-corrected chi connectivity index (χ0v) is 19.4. The first-order valence-corrected chi connectivity index (χ1v) is 12.8. The number of hydrogen-bond donors (Lipinski definition) is 2. The molecule has 170 valence electrons. The first kappa shape index (κ1) is 21.7. The van der Waals surface area contributed by atoms with Crippen molar-refractivity contribution in [1.29, 1.82) is 0 Å². The molecule has 1 aliphatic carbocycles. The van der Waals surface area contributed by atoms with Crippen LogP contribution in [-0.4, -0.2) is 8.42 Å². The summed E-state index contributed by atoms with van der Waals surface area (Å²) in [6.07, 6.45) is 5.04. The van der Waals surface area contributed by atoms with Crippen molar-refractivity contribution in [2.24, 2.45) is 5.92 Å². The maximum absolute atomic E-state index is 14.6. The molecule has 33 heavy (non-hydrogen) atoms. The highest BCUT2D eigenvalue weighted by molar-refractivity contribution is 7.92. The van der Waals surface area contributed by atoms with Crippen molar-refractivity contribution in [1.82, 2.24) is 0 Å². The Balaban J connectivity index is 1.46. The van der Waals surface area contributed by atoms with Crippen molar-refractivity contribution in [3.63, 3.8) is 0 Å². The van der Waals surface area contributed by atoms with Crippen LogP contribution in [0.4, 0.5) is 15.8 Å². The van der Waals surface area contributed by atoms with Gasteiger partial charge >= 0.3 is 0 Å². The van der Waals surface area contributed by atoms with Crippen molar-refractivity contribution in [2.75, 3.05) is 10.0 Å². The van der Waals surface area contributed by atoms with Gasteiger partial charge in [-0.1, -0.05) is 56.3 Å². The number of halogens is 1. The first-order valence-electron chi connectivity index (χ1n) is 11.3. The maximum atomic E-state index is 14.6. The predicted molar refractivity (Wildman–Crippen MR) is 131 cm³/mol. The lowest BCUT2D eigenvalue weighted by molar-refractivity contribution is 0.413. The van der Waals surface area contributed by atoms with Crippen LogP contribution in [0.3, 0.4) is 0 Å². The lowest BCUT2D eigenvalue weighted by Crippen LogP contribution is -2.30. The van der Waals surface area contributed by atoms with Crippen molar-refractivity contribution in [3.8, 4) is 0 Å². The zero-order valence-electron chi connectivity index (χ0n) is 18.6. The number of nitrogens with one attached hydrogen (secondary N) is 2. The van der Waals surface area contributed by atoms with E-state index in [4.69, 9.17) is 0 Å². The third kappa shape index (κ3) is 4.04. The van der Waals surface area contributed by atoms with Crippen molar-refractivity contribution >= 4 is 21.4 Å². The Labute approximate surface area is 194 Å². The molecule has 1 aliphatic heterocycles. The minimum absolute atomic E-state index is 0.0336. The summed E-state index contributed by atoms with van der Waals surface area (Å²) < 4.78 is 43.5. The standard InChI is InChI=1S/C27H27FN2O2S/c1-17(2)18-10-12-19(13-11-18)30-33(31,32)20-14-15-26-24(16-20)21-7-5-8-22(21)27(29-26)23-6-3-4-9-25(23)28/h3-7,9-17,21-22,27,29-30H,8H2,1-2H3/t21-,22+,27-/m0/s1. The molecule has 1 heterocycles. The van der Waals surface area contributed by atoms with Gasteiger partial charge in [-0.25, -0.2) is 12.8 Å². The van der Waals surface area contributed by atoms with Crippen LogP contribution in [0.15, 0.2) is 83.8 Å². The van der Waals surface area contributed by atoms with E-state index in [0.29, 0.717) is 17.2 Å². The summed E-state index contributed by atoms with van der Waals surface area (Å²) >= 11 is 0. The minimum atomic E-state index is -3.74. The quantitative estimate of drug-likeness (QED) is 0.421. The third-order valence-electron chi connectivity index (χ3n) is 6.71. The van der Waals surface area contributed by atoms with Gasteiger partial charge in [-0.2, -0.15) is 0 Å². The van der Waals surface area contributed by atoms with Gasteiger partial charge in [-0.3, -0.25) is 4.72 Å². The molecular formula is C27H27FN2O2S. The second-order valence-corrected chi connectivity index (χ2v) is 10.8. The predicted octanol–water partition coefficient (Wildman–Crippen LogP) is 6.58. The normalized spacial score (nSPS) is 21.4. The third-order valence-corrected chi connectivity index (χ3v) is 8.09. The van der Waals surface area contributed by atoms with E-state index in [1.807, 2.05) is 24.3 Å². The highest BCUT2D eigenvalue weighted by Crippen LogP contribution is 2.50. The largest absolute Gasteiger partial charge is 0.378 e. The fourth-order valence-electron chi connectivity index (χ4n) is 4.92. The second-order valence-electron chi connectivity index (χ2n) is 9.13. The number of sulfonamides is 1. The number of anilines is 2. The maximum Gasteiger partial charge on any atom is 0.261 e. The molecule has 6 heteroatoms. The van der Waals surface area contributed by atoms with E-state index >= 15 is 0 Å². The van der Waals surface area contributed by atoms with Crippen LogP contribution in [0.2, 0.25) is 0 Å². The number of benzene rings is 3. The van der Waals surface area contributed by atoms with Crippen LogP contribution < -0.4 is 10.0 Å². The molecule has 0 amide bonds. The minimum Gasteiger partial charge on any atom is -0.378 e. The molecule has 0 bridgehead atoms. The Morgan fingerprint density at radius 3 is 2.48 bits per heavy atom. The van der Waals surface area contributed by atoms with E-state index < -0.39 is 10.0 Å². The molecule has 5 rings (SSSR count). The van der Waals surface area contributed by atoms with Gasteiger partial charge in [0, 0.05) is 22.9 Å². The number of hydrogen-bond acceptors (Lipinski definition) is 3. The summed E-state index contributed by atoms with van der Waals surface area (Å²) in [5, 5.41) is 3.48. The van der Waals surface area contributed by atoms with Gasteiger partial charge in [0.2, 0.25) is 0 Å². The molecule has 0 saturated carbocycles. The topological polar surface area (TPSA) is 58.2 Å². The Bertz CT molecular complexity index is 1320. The molecule has 0 spiro atoms. The van der Waals surface area contributed by atoms with Crippen molar-refractivity contribution < 1.29 is 12.8 Å².